The van der Waals surface area contributed by atoms with E-state index >= 15 is 0 Å². The van der Waals surface area contributed by atoms with E-state index < -0.39 is 23.8 Å². The van der Waals surface area contributed by atoms with Crippen LogP contribution in [0, 0.1) is 5.92 Å². The summed E-state index contributed by atoms with van der Waals surface area (Å²) < 4.78 is 46.5. The van der Waals surface area contributed by atoms with Gasteiger partial charge in [0.2, 0.25) is 5.91 Å². The summed E-state index contributed by atoms with van der Waals surface area (Å²) in [6.45, 7) is 0.366. The minimum absolute atomic E-state index is 0.0388. The Morgan fingerprint density at radius 3 is 2.62 bits per heavy atom. The van der Waals surface area contributed by atoms with Gasteiger partial charge < -0.3 is 20.5 Å². The Bertz CT molecular complexity index is 1010. The Balaban J connectivity index is 1.35. The van der Waals surface area contributed by atoms with Gasteiger partial charge in [0.1, 0.15) is 17.2 Å². The van der Waals surface area contributed by atoms with Crippen molar-refractivity contribution in [2.24, 2.45) is 5.92 Å². The van der Waals surface area contributed by atoms with Crippen LogP contribution in [0.5, 0.6) is 5.75 Å². The second-order valence-corrected chi connectivity index (χ2v) is 7.89. The molecule has 11 heteroatoms. The van der Waals surface area contributed by atoms with Gasteiger partial charge in [-0.15, -0.1) is 13.2 Å². The molecule has 1 saturated carbocycles. The van der Waals surface area contributed by atoms with E-state index in [0.717, 1.165) is 12.1 Å². The fourth-order valence-corrected chi connectivity index (χ4v) is 4.07. The lowest BCUT2D eigenvalue weighted by molar-refractivity contribution is -0.274. The SMILES string of the molecule is Nc1cc(OC(F)(F)F)ccc1NC(=O)[C@H]1CC[C@]2(CC1)CN(c1ccccn1)C(=O)O2. The molecule has 0 bridgehead atoms. The van der Waals surface area contributed by atoms with Crippen LogP contribution in [-0.4, -0.2) is 35.5 Å². The van der Waals surface area contributed by atoms with E-state index in [0.29, 0.717) is 38.0 Å². The Labute approximate surface area is 181 Å². The number of alkyl halides is 3. The number of amides is 2. The summed E-state index contributed by atoms with van der Waals surface area (Å²) in [5.41, 5.74) is 5.27. The van der Waals surface area contributed by atoms with Crippen molar-refractivity contribution in [3.8, 4) is 5.75 Å². The van der Waals surface area contributed by atoms with Crippen LogP contribution in [0.2, 0.25) is 0 Å². The zero-order valence-electron chi connectivity index (χ0n) is 16.9. The number of benzene rings is 1. The average molecular weight is 450 g/mol. The second-order valence-electron chi connectivity index (χ2n) is 7.89. The molecule has 2 fully saturated rings. The summed E-state index contributed by atoms with van der Waals surface area (Å²) in [7, 11) is 0. The number of ether oxygens (including phenoxy) is 2. The van der Waals surface area contributed by atoms with Crippen molar-refractivity contribution in [2.45, 2.75) is 37.6 Å². The topological polar surface area (TPSA) is 107 Å². The number of aromatic nitrogens is 1. The number of nitrogens with two attached hydrogens (primary N) is 1. The highest BCUT2D eigenvalue weighted by Crippen LogP contribution is 2.41. The highest BCUT2D eigenvalue weighted by atomic mass is 19.4. The van der Waals surface area contributed by atoms with Gasteiger partial charge in [0.05, 0.1) is 17.9 Å². The van der Waals surface area contributed by atoms with E-state index in [1.165, 1.54) is 11.0 Å². The Kier molecular flexibility index (Phi) is 5.57. The van der Waals surface area contributed by atoms with Crippen molar-refractivity contribution in [3.05, 3.63) is 42.6 Å². The molecule has 1 aliphatic heterocycles. The van der Waals surface area contributed by atoms with Crippen molar-refractivity contribution in [2.75, 3.05) is 22.5 Å². The van der Waals surface area contributed by atoms with Crippen LogP contribution in [0.1, 0.15) is 25.7 Å². The first kappa shape index (κ1) is 21.7. The number of nitrogen functional groups attached to an aromatic ring is 1. The molecule has 0 radical (unpaired) electrons. The quantitative estimate of drug-likeness (QED) is 0.680. The number of rotatable bonds is 4. The molecule has 3 N–H and O–H groups in total. The maximum Gasteiger partial charge on any atom is 0.573 e. The van der Waals surface area contributed by atoms with E-state index in [1.54, 1.807) is 24.4 Å². The number of anilines is 3. The number of nitrogens with zero attached hydrogens (tertiary/aromatic N) is 2. The molecule has 4 rings (SSSR count). The molecule has 32 heavy (non-hydrogen) atoms. The summed E-state index contributed by atoms with van der Waals surface area (Å²) in [6.07, 6.45) is -1.69. The predicted molar refractivity (Wildman–Crippen MR) is 109 cm³/mol. The van der Waals surface area contributed by atoms with Gasteiger partial charge in [-0.05, 0) is 49.9 Å². The van der Waals surface area contributed by atoms with E-state index in [4.69, 9.17) is 10.5 Å². The first-order valence-corrected chi connectivity index (χ1v) is 10.0. The molecular formula is C21H21F3N4O4. The number of hydrogen-bond donors (Lipinski definition) is 2. The van der Waals surface area contributed by atoms with Gasteiger partial charge in [0.25, 0.3) is 0 Å². The first-order chi connectivity index (χ1) is 15.1. The number of hydrogen-bond acceptors (Lipinski definition) is 6. The number of nitrogens with one attached hydrogen (secondary N) is 1. The molecule has 2 aromatic rings. The van der Waals surface area contributed by atoms with Gasteiger partial charge >= 0.3 is 12.5 Å². The maximum atomic E-state index is 12.7. The molecule has 1 saturated heterocycles. The van der Waals surface area contributed by atoms with Gasteiger partial charge in [-0.3, -0.25) is 9.69 Å². The number of pyridine rings is 1. The average Bonchev–Trinajstić information content (AvgIpc) is 3.05. The van der Waals surface area contributed by atoms with Crippen LogP contribution in [0.25, 0.3) is 0 Å². The Morgan fingerprint density at radius 1 is 1.25 bits per heavy atom. The Morgan fingerprint density at radius 2 is 2.00 bits per heavy atom. The molecule has 1 aliphatic carbocycles. The molecule has 1 aromatic heterocycles. The fourth-order valence-electron chi connectivity index (χ4n) is 4.07. The van der Waals surface area contributed by atoms with Crippen LogP contribution in [-0.2, 0) is 9.53 Å². The van der Waals surface area contributed by atoms with Crippen LogP contribution < -0.4 is 20.7 Å². The summed E-state index contributed by atoms with van der Waals surface area (Å²) in [4.78, 5) is 30.7. The van der Waals surface area contributed by atoms with Gasteiger partial charge in [0.15, 0.2) is 0 Å². The summed E-state index contributed by atoms with van der Waals surface area (Å²) >= 11 is 0. The second kappa shape index (κ2) is 8.21. The van der Waals surface area contributed by atoms with Gasteiger partial charge in [-0.1, -0.05) is 6.07 Å². The first-order valence-electron chi connectivity index (χ1n) is 10.0. The van der Waals surface area contributed by atoms with Crippen LogP contribution in [0.15, 0.2) is 42.6 Å². The largest absolute Gasteiger partial charge is 0.573 e. The van der Waals surface area contributed by atoms with E-state index in [-0.39, 0.29) is 23.2 Å². The predicted octanol–water partition coefficient (Wildman–Crippen LogP) is 4.09. The van der Waals surface area contributed by atoms with E-state index in [9.17, 15) is 22.8 Å². The lowest BCUT2D eigenvalue weighted by atomic mass is 9.78. The normalized spacial score (nSPS) is 23.2. The minimum Gasteiger partial charge on any atom is -0.441 e. The number of halogens is 3. The molecular weight excluding hydrogens is 429 g/mol. The molecule has 2 amide bonds. The molecule has 2 heterocycles. The zero-order chi connectivity index (χ0) is 22.9. The van der Waals surface area contributed by atoms with Crippen molar-refractivity contribution in [3.63, 3.8) is 0 Å². The molecule has 0 unspecified atom stereocenters. The lowest BCUT2D eigenvalue weighted by Crippen LogP contribution is -2.41. The number of carbonyl (C=O) groups excluding carboxylic acids is 2. The summed E-state index contributed by atoms with van der Waals surface area (Å²) in [5.74, 6) is -0.577. The van der Waals surface area contributed by atoms with Gasteiger partial charge in [-0.25, -0.2) is 9.78 Å². The van der Waals surface area contributed by atoms with Gasteiger partial charge in [-0.2, -0.15) is 0 Å². The fraction of sp³-hybridized carbons (Fsp3) is 0.381. The smallest absolute Gasteiger partial charge is 0.441 e. The third-order valence-corrected chi connectivity index (χ3v) is 5.68. The summed E-state index contributed by atoms with van der Waals surface area (Å²) in [6, 6.07) is 8.63. The van der Waals surface area contributed by atoms with Crippen LogP contribution in [0.4, 0.5) is 35.2 Å². The highest BCUT2D eigenvalue weighted by Gasteiger charge is 2.48. The van der Waals surface area contributed by atoms with Crippen molar-refractivity contribution in [1.29, 1.82) is 0 Å². The third-order valence-electron chi connectivity index (χ3n) is 5.68. The standard InChI is InChI=1S/C21H21F3N4O4/c22-21(23,24)31-14-4-5-16(15(25)11-14)27-18(29)13-6-8-20(9-7-13)12-28(19(30)32-20)17-3-1-2-10-26-17/h1-5,10-11,13H,6-9,12,25H2,(H,27,29)/t13-,20-. The van der Waals surface area contributed by atoms with Gasteiger partial charge in [0, 0.05) is 18.2 Å². The minimum atomic E-state index is -4.83. The number of carbonyl (C=O) groups is 2. The van der Waals surface area contributed by atoms with Crippen molar-refractivity contribution in [1.82, 2.24) is 4.98 Å². The van der Waals surface area contributed by atoms with E-state index in [2.05, 4.69) is 15.0 Å². The lowest BCUT2D eigenvalue weighted by Gasteiger charge is -2.34. The molecule has 1 aromatic carbocycles. The Hall–Kier alpha value is -3.50. The molecule has 0 atom stereocenters. The monoisotopic (exact) mass is 450 g/mol. The van der Waals surface area contributed by atoms with Crippen LogP contribution >= 0.6 is 0 Å². The maximum absolute atomic E-state index is 12.7. The van der Waals surface area contributed by atoms with E-state index in [1.807, 2.05) is 0 Å². The molecule has 170 valence electrons. The summed E-state index contributed by atoms with van der Waals surface area (Å²) in [5, 5.41) is 2.66. The third kappa shape index (κ3) is 4.71. The molecule has 1 spiro atoms. The molecule has 2 aliphatic rings. The molecule has 8 nitrogen and oxygen atoms in total. The zero-order valence-corrected chi connectivity index (χ0v) is 16.9. The van der Waals surface area contributed by atoms with Crippen LogP contribution in [0.3, 0.4) is 0 Å². The van der Waals surface area contributed by atoms with Crippen molar-refractivity contribution < 1.29 is 32.2 Å². The highest BCUT2D eigenvalue weighted by molar-refractivity contribution is 5.95. The van der Waals surface area contributed by atoms with Crippen molar-refractivity contribution >= 4 is 29.2 Å².